The van der Waals surface area contributed by atoms with Gasteiger partial charge in [0.2, 0.25) is 5.91 Å². The van der Waals surface area contributed by atoms with Gasteiger partial charge < -0.3 is 15.5 Å². The van der Waals surface area contributed by atoms with Gasteiger partial charge in [0, 0.05) is 12.2 Å². The van der Waals surface area contributed by atoms with Crippen molar-refractivity contribution in [1.82, 2.24) is 9.80 Å². The van der Waals surface area contributed by atoms with Crippen molar-refractivity contribution in [3.8, 4) is 0 Å². The van der Waals surface area contributed by atoms with Crippen molar-refractivity contribution in [1.29, 1.82) is 0 Å². The predicted octanol–water partition coefficient (Wildman–Crippen LogP) is 2.13. The van der Waals surface area contributed by atoms with E-state index in [0.717, 1.165) is 31.5 Å². The van der Waals surface area contributed by atoms with Gasteiger partial charge in [0.05, 0.1) is 6.54 Å². The third-order valence-electron chi connectivity index (χ3n) is 6.52. The molecule has 1 atom stereocenters. The number of piperidine rings is 1. The van der Waals surface area contributed by atoms with Crippen LogP contribution in [0.5, 0.6) is 0 Å². The van der Waals surface area contributed by atoms with Gasteiger partial charge in [-0.05, 0) is 82.3 Å². The molecule has 3 aliphatic rings. The Morgan fingerprint density at radius 3 is 2.48 bits per heavy atom. The van der Waals surface area contributed by atoms with Gasteiger partial charge in [0.1, 0.15) is 5.54 Å². The highest BCUT2D eigenvalue weighted by Gasteiger charge is 2.55. The second kappa shape index (κ2) is 6.51. The highest BCUT2D eigenvalue weighted by molar-refractivity contribution is 6.03. The largest absolute Gasteiger partial charge is 0.368 e. The number of nitrogens with two attached hydrogens (primary N) is 1. The Bertz CT molecular complexity index is 741. The van der Waals surface area contributed by atoms with E-state index in [9.17, 15) is 9.59 Å². The van der Waals surface area contributed by atoms with Crippen LogP contribution in [-0.4, -0.2) is 61.0 Å². The smallest absolute Gasteiger partial charge is 0.325 e. The molecule has 145 valence electrons. The van der Waals surface area contributed by atoms with Crippen LogP contribution in [0.3, 0.4) is 0 Å². The van der Waals surface area contributed by atoms with Crippen LogP contribution in [0.2, 0.25) is 0 Å². The maximum Gasteiger partial charge on any atom is 0.325 e. The van der Waals surface area contributed by atoms with Crippen LogP contribution < -0.4 is 10.6 Å². The second-order valence-corrected chi connectivity index (χ2v) is 8.54. The number of urea groups is 1. The zero-order valence-electron chi connectivity index (χ0n) is 16.3. The van der Waals surface area contributed by atoms with E-state index in [0.29, 0.717) is 18.5 Å². The average molecular weight is 369 g/mol. The molecule has 0 spiro atoms. The molecule has 0 bridgehead atoms. The minimum atomic E-state index is -0.961. The molecule has 4 rings (SSSR count). The Morgan fingerprint density at radius 1 is 1.22 bits per heavy atom. The molecule has 27 heavy (non-hydrogen) atoms. The SMILES string of the molecule is CN(C)CCC1(c2ccc(N3C[C@@]4(C(N)=O)[CH]CCCN4C3=O)cc2)CC1. The van der Waals surface area contributed by atoms with Crippen LogP contribution in [0.15, 0.2) is 24.3 Å². The summed E-state index contributed by atoms with van der Waals surface area (Å²) in [4.78, 5) is 30.7. The first-order chi connectivity index (χ1) is 12.9. The first-order valence-corrected chi connectivity index (χ1v) is 9.87. The summed E-state index contributed by atoms with van der Waals surface area (Å²) >= 11 is 0. The summed E-state index contributed by atoms with van der Waals surface area (Å²) in [7, 11) is 4.22. The van der Waals surface area contributed by atoms with Gasteiger partial charge in [-0.1, -0.05) is 12.1 Å². The second-order valence-electron chi connectivity index (χ2n) is 8.54. The Labute approximate surface area is 161 Å². The van der Waals surface area contributed by atoms with Crippen molar-refractivity contribution < 1.29 is 9.59 Å². The number of carbonyl (C=O) groups is 2. The first-order valence-electron chi connectivity index (χ1n) is 9.87. The quantitative estimate of drug-likeness (QED) is 0.835. The molecule has 1 aromatic rings. The van der Waals surface area contributed by atoms with Crippen molar-refractivity contribution >= 4 is 17.6 Å². The lowest BCUT2D eigenvalue weighted by atomic mass is 9.87. The molecule has 2 N–H and O–H groups in total. The number of carbonyl (C=O) groups excluding carboxylic acids is 2. The third kappa shape index (κ3) is 3.00. The summed E-state index contributed by atoms with van der Waals surface area (Å²) < 4.78 is 0. The summed E-state index contributed by atoms with van der Waals surface area (Å²) in [5.41, 5.74) is 7.24. The van der Waals surface area contributed by atoms with E-state index in [4.69, 9.17) is 5.73 Å². The number of anilines is 1. The van der Waals surface area contributed by atoms with Crippen LogP contribution in [0.25, 0.3) is 0 Å². The molecule has 1 radical (unpaired) electrons. The molecular weight excluding hydrogens is 340 g/mol. The van der Waals surface area contributed by atoms with Gasteiger partial charge in [-0.3, -0.25) is 9.69 Å². The Hall–Kier alpha value is -2.08. The van der Waals surface area contributed by atoms with Crippen LogP contribution in [0.1, 0.15) is 37.7 Å². The molecule has 6 heteroatoms. The molecule has 3 fully saturated rings. The zero-order chi connectivity index (χ0) is 19.2. The molecule has 0 unspecified atom stereocenters. The number of primary amides is 1. The lowest BCUT2D eigenvalue weighted by molar-refractivity contribution is -0.126. The number of benzene rings is 1. The molecule has 2 aliphatic heterocycles. The van der Waals surface area contributed by atoms with Crippen molar-refractivity contribution in [3.05, 3.63) is 36.2 Å². The van der Waals surface area contributed by atoms with Crippen molar-refractivity contribution in [2.75, 3.05) is 38.6 Å². The predicted molar refractivity (Wildman–Crippen MR) is 105 cm³/mol. The van der Waals surface area contributed by atoms with Gasteiger partial charge in [-0.25, -0.2) is 4.79 Å². The zero-order valence-corrected chi connectivity index (χ0v) is 16.3. The lowest BCUT2D eigenvalue weighted by Crippen LogP contribution is -2.59. The minimum Gasteiger partial charge on any atom is -0.368 e. The highest BCUT2D eigenvalue weighted by Crippen LogP contribution is 2.51. The number of amides is 3. The summed E-state index contributed by atoms with van der Waals surface area (Å²) in [6.45, 7) is 1.98. The Morgan fingerprint density at radius 2 is 1.93 bits per heavy atom. The first kappa shape index (κ1) is 18.3. The number of hydrogen-bond donors (Lipinski definition) is 1. The Kier molecular flexibility index (Phi) is 4.41. The fraction of sp³-hybridized carbons (Fsp3) is 0.571. The standard InChI is InChI=1S/C21H29N4O2/c1-23(2)14-12-20(10-11-20)16-5-7-17(8-6-16)24-15-21(18(22)26)9-3-4-13-25(21)19(24)27/h5-9H,3-4,10-15H2,1-2H3,(H2,22,26)/t21-/m1/s1. The van der Waals surface area contributed by atoms with E-state index in [1.807, 2.05) is 18.6 Å². The van der Waals surface area contributed by atoms with Crippen LogP contribution in [-0.2, 0) is 10.2 Å². The normalized spacial score (nSPS) is 26.4. The Balaban J connectivity index is 1.54. The van der Waals surface area contributed by atoms with E-state index < -0.39 is 11.4 Å². The fourth-order valence-electron chi connectivity index (χ4n) is 4.55. The van der Waals surface area contributed by atoms with E-state index in [-0.39, 0.29) is 6.03 Å². The van der Waals surface area contributed by atoms with Gasteiger partial charge >= 0.3 is 6.03 Å². The monoisotopic (exact) mass is 369 g/mol. The number of hydrogen-bond acceptors (Lipinski definition) is 3. The molecule has 2 saturated heterocycles. The lowest BCUT2D eigenvalue weighted by Gasteiger charge is -2.37. The van der Waals surface area contributed by atoms with Crippen LogP contribution >= 0.6 is 0 Å². The molecule has 1 saturated carbocycles. The molecule has 1 aromatic carbocycles. The van der Waals surface area contributed by atoms with E-state index in [1.165, 1.54) is 18.4 Å². The average Bonchev–Trinajstić information content (AvgIpc) is 3.39. The topological polar surface area (TPSA) is 69.9 Å². The molecule has 1 aliphatic carbocycles. The molecule has 6 nitrogen and oxygen atoms in total. The molecule has 0 aromatic heterocycles. The van der Waals surface area contributed by atoms with Crippen molar-refractivity contribution in [2.45, 2.75) is 43.1 Å². The number of rotatable bonds is 6. The summed E-state index contributed by atoms with van der Waals surface area (Å²) in [6.07, 6.45) is 7.24. The molecule has 2 heterocycles. The van der Waals surface area contributed by atoms with Gasteiger partial charge in [0.25, 0.3) is 0 Å². The van der Waals surface area contributed by atoms with E-state index in [2.05, 4.69) is 31.1 Å². The van der Waals surface area contributed by atoms with Crippen LogP contribution in [0.4, 0.5) is 10.5 Å². The maximum absolute atomic E-state index is 12.9. The van der Waals surface area contributed by atoms with Gasteiger partial charge in [-0.15, -0.1) is 0 Å². The number of fused-ring (bicyclic) bond motifs is 1. The minimum absolute atomic E-state index is 0.119. The van der Waals surface area contributed by atoms with Crippen LogP contribution in [0, 0.1) is 6.42 Å². The van der Waals surface area contributed by atoms with E-state index in [1.54, 1.807) is 9.80 Å². The summed E-state index contributed by atoms with van der Waals surface area (Å²) in [6, 6.07) is 8.24. The third-order valence-corrected chi connectivity index (χ3v) is 6.52. The van der Waals surface area contributed by atoms with E-state index >= 15 is 0 Å². The molecule has 3 amide bonds. The number of nitrogens with zero attached hydrogens (tertiary/aromatic N) is 3. The maximum atomic E-state index is 12.9. The van der Waals surface area contributed by atoms with Gasteiger partial charge in [-0.2, -0.15) is 0 Å². The van der Waals surface area contributed by atoms with Crippen molar-refractivity contribution in [2.24, 2.45) is 5.73 Å². The molecular formula is C21H29N4O2. The fourth-order valence-corrected chi connectivity index (χ4v) is 4.55. The summed E-state index contributed by atoms with van der Waals surface area (Å²) in [5.74, 6) is -0.435. The van der Waals surface area contributed by atoms with Gasteiger partial charge in [0.15, 0.2) is 0 Å². The van der Waals surface area contributed by atoms with Crippen molar-refractivity contribution in [3.63, 3.8) is 0 Å². The summed E-state index contributed by atoms with van der Waals surface area (Å²) in [5, 5.41) is 0. The highest BCUT2D eigenvalue weighted by atomic mass is 16.2.